The van der Waals surface area contributed by atoms with Gasteiger partial charge in [0, 0.05) is 49.4 Å². The summed E-state index contributed by atoms with van der Waals surface area (Å²) in [6.45, 7) is 1.43. The lowest BCUT2D eigenvalue weighted by molar-refractivity contribution is 0.0237. The van der Waals surface area contributed by atoms with Crippen LogP contribution in [0.2, 0.25) is 0 Å². The van der Waals surface area contributed by atoms with Crippen molar-refractivity contribution in [2.24, 2.45) is 7.05 Å². The number of pyridine rings is 1. The van der Waals surface area contributed by atoms with Gasteiger partial charge in [-0.25, -0.2) is 4.98 Å². The first-order chi connectivity index (χ1) is 12.7. The number of aromatic nitrogens is 3. The second-order valence-corrected chi connectivity index (χ2v) is 6.35. The molecule has 0 aliphatic carbocycles. The molecule has 0 radical (unpaired) electrons. The predicted octanol–water partition coefficient (Wildman–Crippen LogP) is 2.78. The molecule has 1 aromatic carbocycles. The van der Waals surface area contributed by atoms with E-state index in [0.29, 0.717) is 30.3 Å². The Morgan fingerprint density at radius 1 is 1.27 bits per heavy atom. The van der Waals surface area contributed by atoms with Crippen LogP contribution in [0.25, 0.3) is 10.9 Å². The summed E-state index contributed by atoms with van der Waals surface area (Å²) >= 11 is 0. The van der Waals surface area contributed by atoms with E-state index in [1.165, 1.54) is 6.20 Å². The van der Waals surface area contributed by atoms with Crippen molar-refractivity contribution in [1.82, 2.24) is 14.8 Å². The van der Waals surface area contributed by atoms with Crippen molar-refractivity contribution in [3.63, 3.8) is 0 Å². The van der Waals surface area contributed by atoms with E-state index in [9.17, 15) is 4.79 Å². The summed E-state index contributed by atoms with van der Waals surface area (Å²) in [5.41, 5.74) is 2.01. The highest BCUT2D eigenvalue weighted by Gasteiger charge is 2.16. The van der Waals surface area contributed by atoms with E-state index in [0.717, 1.165) is 23.7 Å². The van der Waals surface area contributed by atoms with Crippen LogP contribution in [0.15, 0.2) is 42.7 Å². The molecule has 0 saturated carbocycles. The van der Waals surface area contributed by atoms with Crippen LogP contribution < -0.4 is 10.1 Å². The lowest BCUT2D eigenvalue weighted by Gasteiger charge is -2.22. The van der Waals surface area contributed by atoms with Crippen LogP contribution in [0, 0.1) is 0 Å². The molecule has 4 rings (SSSR count). The minimum absolute atomic E-state index is 0.126. The summed E-state index contributed by atoms with van der Waals surface area (Å²) in [5, 5.41) is 8.25. The minimum Gasteiger partial charge on any atom is -0.474 e. The Balaban J connectivity index is 1.41. The highest BCUT2D eigenvalue weighted by Crippen LogP contribution is 2.19. The summed E-state index contributed by atoms with van der Waals surface area (Å²) in [6.07, 6.45) is 5.31. The average Bonchev–Trinajstić information content (AvgIpc) is 3.02. The van der Waals surface area contributed by atoms with E-state index >= 15 is 0 Å². The Morgan fingerprint density at radius 2 is 2.12 bits per heavy atom. The quantitative estimate of drug-likeness (QED) is 0.781. The highest BCUT2D eigenvalue weighted by atomic mass is 16.5. The van der Waals surface area contributed by atoms with Gasteiger partial charge in [0.1, 0.15) is 6.10 Å². The van der Waals surface area contributed by atoms with Gasteiger partial charge >= 0.3 is 0 Å². The number of aryl methyl sites for hydroxylation is 1. The number of amides is 1. The SMILES string of the molecule is Cn1cc2ccc(NC(=O)c3ccc(OC4CCOCC4)nc3)cc2n1. The molecule has 3 aromatic rings. The summed E-state index contributed by atoms with van der Waals surface area (Å²) in [4.78, 5) is 16.7. The van der Waals surface area contributed by atoms with Gasteiger partial charge < -0.3 is 14.8 Å². The number of carbonyl (C=O) groups excluding carboxylic acids is 1. The first kappa shape index (κ1) is 16.5. The average molecular weight is 352 g/mol. The molecule has 7 nitrogen and oxygen atoms in total. The Morgan fingerprint density at radius 3 is 2.88 bits per heavy atom. The molecule has 0 spiro atoms. The summed E-state index contributed by atoms with van der Waals surface area (Å²) < 4.78 is 12.9. The number of carbonyl (C=O) groups is 1. The maximum absolute atomic E-state index is 12.4. The molecule has 134 valence electrons. The summed E-state index contributed by atoms with van der Waals surface area (Å²) in [5.74, 6) is 0.314. The topological polar surface area (TPSA) is 78.3 Å². The van der Waals surface area contributed by atoms with Gasteiger partial charge in [-0.15, -0.1) is 0 Å². The maximum Gasteiger partial charge on any atom is 0.257 e. The molecule has 1 aliphatic heterocycles. The van der Waals surface area contributed by atoms with E-state index < -0.39 is 0 Å². The molecular weight excluding hydrogens is 332 g/mol. The number of benzene rings is 1. The van der Waals surface area contributed by atoms with Crippen LogP contribution >= 0.6 is 0 Å². The van der Waals surface area contributed by atoms with E-state index in [-0.39, 0.29) is 12.0 Å². The highest BCUT2D eigenvalue weighted by molar-refractivity contribution is 6.04. The zero-order valence-electron chi connectivity index (χ0n) is 14.5. The Hall–Kier alpha value is -2.93. The first-order valence-corrected chi connectivity index (χ1v) is 8.62. The lowest BCUT2D eigenvalue weighted by Crippen LogP contribution is -2.26. The van der Waals surface area contributed by atoms with E-state index in [1.54, 1.807) is 16.8 Å². The lowest BCUT2D eigenvalue weighted by atomic mass is 10.1. The molecular formula is C19H20N4O3. The Labute approximate surface area is 150 Å². The fraction of sp³-hybridized carbons (Fsp3) is 0.316. The number of hydrogen-bond acceptors (Lipinski definition) is 5. The first-order valence-electron chi connectivity index (χ1n) is 8.62. The molecule has 3 heterocycles. The fourth-order valence-electron chi connectivity index (χ4n) is 2.97. The van der Waals surface area contributed by atoms with Crippen LogP contribution in [-0.4, -0.2) is 40.0 Å². The third-order valence-electron chi connectivity index (χ3n) is 4.33. The maximum atomic E-state index is 12.4. The third kappa shape index (κ3) is 3.67. The monoisotopic (exact) mass is 352 g/mol. The van der Waals surface area contributed by atoms with Crippen LogP contribution in [0.1, 0.15) is 23.2 Å². The van der Waals surface area contributed by atoms with Gasteiger partial charge in [0.25, 0.3) is 5.91 Å². The normalized spacial score (nSPS) is 15.1. The van der Waals surface area contributed by atoms with Gasteiger partial charge in [0.15, 0.2) is 0 Å². The summed E-state index contributed by atoms with van der Waals surface area (Å²) in [6, 6.07) is 9.09. The second-order valence-electron chi connectivity index (χ2n) is 6.35. The van der Waals surface area contributed by atoms with Crippen molar-refractivity contribution >= 4 is 22.5 Å². The number of hydrogen-bond donors (Lipinski definition) is 1. The minimum atomic E-state index is -0.217. The van der Waals surface area contributed by atoms with Gasteiger partial charge in [-0.1, -0.05) is 0 Å². The van der Waals surface area contributed by atoms with Crippen LogP contribution in [0.3, 0.4) is 0 Å². The number of ether oxygens (including phenoxy) is 2. The molecule has 26 heavy (non-hydrogen) atoms. The molecule has 0 bridgehead atoms. The van der Waals surface area contributed by atoms with Crippen LogP contribution in [0.5, 0.6) is 5.88 Å². The number of anilines is 1. The largest absolute Gasteiger partial charge is 0.474 e. The molecule has 1 aliphatic rings. The van der Waals surface area contributed by atoms with Crippen LogP contribution in [-0.2, 0) is 11.8 Å². The van der Waals surface area contributed by atoms with Gasteiger partial charge in [-0.2, -0.15) is 5.10 Å². The smallest absolute Gasteiger partial charge is 0.257 e. The van der Waals surface area contributed by atoms with Crippen molar-refractivity contribution in [3.05, 3.63) is 48.3 Å². The van der Waals surface area contributed by atoms with Gasteiger partial charge in [-0.05, 0) is 24.3 Å². The molecule has 2 aromatic heterocycles. The zero-order chi connectivity index (χ0) is 17.9. The third-order valence-corrected chi connectivity index (χ3v) is 4.33. The van der Waals surface area contributed by atoms with Crippen molar-refractivity contribution in [2.45, 2.75) is 18.9 Å². The fourth-order valence-corrected chi connectivity index (χ4v) is 2.97. The number of nitrogens with one attached hydrogen (secondary N) is 1. The van der Waals surface area contributed by atoms with Gasteiger partial charge in [0.2, 0.25) is 5.88 Å². The summed E-state index contributed by atoms with van der Waals surface area (Å²) in [7, 11) is 1.87. The molecule has 1 fully saturated rings. The Kier molecular flexibility index (Phi) is 4.53. The number of rotatable bonds is 4. The number of nitrogens with zero attached hydrogens (tertiary/aromatic N) is 3. The van der Waals surface area contributed by atoms with Crippen molar-refractivity contribution in [1.29, 1.82) is 0 Å². The van der Waals surface area contributed by atoms with Crippen molar-refractivity contribution < 1.29 is 14.3 Å². The molecule has 1 saturated heterocycles. The molecule has 0 unspecified atom stereocenters. The zero-order valence-corrected chi connectivity index (χ0v) is 14.5. The Bertz CT molecular complexity index is 914. The van der Waals surface area contributed by atoms with E-state index in [1.807, 2.05) is 31.4 Å². The van der Waals surface area contributed by atoms with Crippen LogP contribution in [0.4, 0.5) is 5.69 Å². The van der Waals surface area contributed by atoms with Gasteiger partial charge in [0.05, 0.1) is 24.3 Å². The second kappa shape index (κ2) is 7.13. The molecule has 1 N–H and O–H groups in total. The van der Waals surface area contributed by atoms with Gasteiger partial charge in [-0.3, -0.25) is 9.48 Å². The molecule has 1 amide bonds. The van der Waals surface area contributed by atoms with Crippen molar-refractivity contribution in [3.8, 4) is 5.88 Å². The van der Waals surface area contributed by atoms with E-state index in [2.05, 4.69) is 15.4 Å². The molecule has 7 heteroatoms. The van der Waals surface area contributed by atoms with E-state index in [4.69, 9.17) is 9.47 Å². The molecule has 0 atom stereocenters. The standard InChI is InChI=1S/C19H20N4O3/c1-23-12-14-2-4-15(10-17(14)22-23)21-19(24)13-3-5-18(20-11-13)26-16-6-8-25-9-7-16/h2-5,10-12,16H,6-9H2,1H3,(H,21,24). The van der Waals surface area contributed by atoms with Crippen molar-refractivity contribution in [2.75, 3.05) is 18.5 Å². The number of fused-ring (bicyclic) bond motifs is 1. The predicted molar refractivity (Wildman–Crippen MR) is 97.4 cm³/mol.